The number of halogens is 3. The predicted molar refractivity (Wildman–Crippen MR) is 49.2 cm³/mol. The number of alkyl halides is 2. The van der Waals surface area contributed by atoms with E-state index in [1.807, 2.05) is 0 Å². The molecule has 0 amide bonds. The van der Waals surface area contributed by atoms with Gasteiger partial charge in [0.1, 0.15) is 0 Å². The molecule has 1 fully saturated rings. The largest absolute Gasteiger partial charge is 0.389 e. The highest BCUT2D eigenvalue weighted by atomic mass is 35.5. The number of rotatable bonds is 1. The monoisotopic (exact) mass is 215 g/mol. The first-order valence-electron chi connectivity index (χ1n) is 4.20. The van der Waals surface area contributed by atoms with Gasteiger partial charge in [-0.1, -0.05) is 6.92 Å². The minimum atomic E-state index is -2.62. The zero-order valence-electron chi connectivity index (χ0n) is 7.59. The molecule has 0 aromatic rings. The van der Waals surface area contributed by atoms with Crippen LogP contribution in [-0.4, -0.2) is 23.2 Å². The van der Waals surface area contributed by atoms with E-state index in [0.29, 0.717) is 0 Å². The molecule has 0 bridgehead atoms. The summed E-state index contributed by atoms with van der Waals surface area (Å²) in [5, 5.41) is 9.62. The van der Waals surface area contributed by atoms with E-state index in [4.69, 9.17) is 5.73 Å². The Morgan fingerprint density at radius 3 is 2.38 bits per heavy atom. The smallest absolute Gasteiger partial charge is 0.250 e. The van der Waals surface area contributed by atoms with Crippen molar-refractivity contribution in [3.63, 3.8) is 0 Å². The standard InChI is InChI=1S/C8H15F2NO.ClH/c1-6-4-7(12,5-11)2-3-8(6,9)10;/h6,12H,2-5,11H2,1H3;1H. The lowest BCUT2D eigenvalue weighted by Crippen LogP contribution is -2.48. The second-order valence-corrected chi connectivity index (χ2v) is 3.79. The zero-order valence-corrected chi connectivity index (χ0v) is 8.41. The van der Waals surface area contributed by atoms with Gasteiger partial charge in [0, 0.05) is 18.9 Å². The van der Waals surface area contributed by atoms with Gasteiger partial charge in [-0.15, -0.1) is 12.4 Å². The summed E-state index contributed by atoms with van der Waals surface area (Å²) in [5.41, 5.74) is 4.24. The van der Waals surface area contributed by atoms with Gasteiger partial charge in [-0.25, -0.2) is 8.78 Å². The normalized spacial score (nSPS) is 38.1. The molecule has 5 heteroatoms. The molecule has 0 aromatic heterocycles. The maximum atomic E-state index is 12.9. The molecule has 0 spiro atoms. The molecule has 1 rings (SSSR count). The Balaban J connectivity index is 0.00000144. The molecule has 3 N–H and O–H groups in total. The fourth-order valence-corrected chi connectivity index (χ4v) is 1.65. The lowest BCUT2D eigenvalue weighted by atomic mass is 9.76. The van der Waals surface area contributed by atoms with E-state index in [2.05, 4.69) is 0 Å². The van der Waals surface area contributed by atoms with Crippen LogP contribution in [0.25, 0.3) is 0 Å². The molecule has 2 unspecified atom stereocenters. The molecule has 0 heterocycles. The Kier molecular flexibility index (Phi) is 4.09. The third kappa shape index (κ3) is 2.76. The minimum Gasteiger partial charge on any atom is -0.389 e. The van der Waals surface area contributed by atoms with Gasteiger partial charge in [0.05, 0.1) is 5.60 Å². The van der Waals surface area contributed by atoms with Crippen molar-refractivity contribution in [1.82, 2.24) is 0 Å². The van der Waals surface area contributed by atoms with Crippen LogP contribution in [0.15, 0.2) is 0 Å². The van der Waals surface area contributed by atoms with Gasteiger partial charge >= 0.3 is 0 Å². The molecule has 13 heavy (non-hydrogen) atoms. The van der Waals surface area contributed by atoms with Gasteiger partial charge < -0.3 is 10.8 Å². The lowest BCUT2D eigenvalue weighted by molar-refractivity contribution is -0.137. The molecule has 0 aliphatic heterocycles. The maximum absolute atomic E-state index is 12.9. The van der Waals surface area contributed by atoms with Crippen LogP contribution in [0.1, 0.15) is 26.2 Å². The van der Waals surface area contributed by atoms with Crippen molar-refractivity contribution in [2.45, 2.75) is 37.7 Å². The highest BCUT2D eigenvalue weighted by molar-refractivity contribution is 5.85. The van der Waals surface area contributed by atoms with E-state index < -0.39 is 17.4 Å². The Labute approximate surface area is 82.9 Å². The van der Waals surface area contributed by atoms with Crippen molar-refractivity contribution in [2.24, 2.45) is 11.7 Å². The average molecular weight is 216 g/mol. The molecular formula is C8H16ClF2NO. The lowest BCUT2D eigenvalue weighted by Gasteiger charge is -2.39. The van der Waals surface area contributed by atoms with Gasteiger partial charge in [0.2, 0.25) is 0 Å². The van der Waals surface area contributed by atoms with Crippen LogP contribution in [0.4, 0.5) is 8.78 Å². The number of nitrogens with two attached hydrogens (primary N) is 1. The van der Waals surface area contributed by atoms with Crippen molar-refractivity contribution < 1.29 is 13.9 Å². The van der Waals surface area contributed by atoms with E-state index in [0.717, 1.165) is 0 Å². The first kappa shape index (κ1) is 13.1. The Bertz CT molecular complexity index is 180. The molecule has 1 aliphatic rings. The highest BCUT2D eigenvalue weighted by Gasteiger charge is 2.46. The van der Waals surface area contributed by atoms with Crippen molar-refractivity contribution in [3.05, 3.63) is 0 Å². The van der Waals surface area contributed by atoms with Crippen molar-refractivity contribution in [1.29, 1.82) is 0 Å². The second-order valence-electron chi connectivity index (χ2n) is 3.79. The van der Waals surface area contributed by atoms with Gasteiger partial charge in [0.25, 0.3) is 5.92 Å². The maximum Gasteiger partial charge on any atom is 0.250 e. The van der Waals surface area contributed by atoms with Crippen LogP contribution < -0.4 is 5.73 Å². The highest BCUT2D eigenvalue weighted by Crippen LogP contribution is 2.42. The summed E-state index contributed by atoms with van der Waals surface area (Å²) in [5.74, 6) is -3.39. The van der Waals surface area contributed by atoms with E-state index in [-0.39, 0.29) is 38.2 Å². The molecule has 0 aromatic carbocycles. The summed E-state index contributed by atoms with van der Waals surface area (Å²) in [6.07, 6.45) is -0.0286. The SMILES string of the molecule is CC1CC(O)(CN)CCC1(F)F.Cl. The summed E-state index contributed by atoms with van der Waals surface area (Å²) in [4.78, 5) is 0. The third-order valence-corrected chi connectivity index (χ3v) is 2.71. The fraction of sp³-hybridized carbons (Fsp3) is 1.00. The minimum absolute atomic E-state index is 0. The van der Waals surface area contributed by atoms with Crippen LogP contribution in [-0.2, 0) is 0 Å². The molecular weight excluding hydrogens is 200 g/mol. The van der Waals surface area contributed by atoms with E-state index in [9.17, 15) is 13.9 Å². The molecule has 2 atom stereocenters. The van der Waals surface area contributed by atoms with Crippen molar-refractivity contribution in [2.75, 3.05) is 6.54 Å². The summed E-state index contributed by atoms with van der Waals surface area (Å²) >= 11 is 0. The molecule has 2 nitrogen and oxygen atoms in total. The Morgan fingerprint density at radius 2 is 2.00 bits per heavy atom. The Morgan fingerprint density at radius 1 is 1.46 bits per heavy atom. The van der Waals surface area contributed by atoms with E-state index >= 15 is 0 Å². The molecule has 0 radical (unpaired) electrons. The van der Waals surface area contributed by atoms with Gasteiger partial charge in [0.15, 0.2) is 0 Å². The summed E-state index contributed by atoms with van der Waals surface area (Å²) in [6, 6.07) is 0. The molecule has 0 saturated heterocycles. The summed E-state index contributed by atoms with van der Waals surface area (Å²) in [6.45, 7) is 1.53. The fourth-order valence-electron chi connectivity index (χ4n) is 1.65. The number of hydrogen-bond acceptors (Lipinski definition) is 2. The van der Waals surface area contributed by atoms with Gasteiger partial charge in [-0.3, -0.25) is 0 Å². The average Bonchev–Trinajstić information content (AvgIpc) is 1.99. The summed E-state index contributed by atoms with van der Waals surface area (Å²) < 4.78 is 25.9. The van der Waals surface area contributed by atoms with Crippen molar-refractivity contribution in [3.8, 4) is 0 Å². The van der Waals surface area contributed by atoms with Crippen LogP contribution in [0.2, 0.25) is 0 Å². The first-order chi connectivity index (χ1) is 5.40. The molecule has 80 valence electrons. The molecule has 1 aliphatic carbocycles. The second kappa shape index (κ2) is 4.07. The van der Waals surface area contributed by atoms with Crippen LogP contribution in [0, 0.1) is 5.92 Å². The summed E-state index contributed by atoms with van der Waals surface area (Å²) in [7, 11) is 0. The third-order valence-electron chi connectivity index (χ3n) is 2.71. The molecule has 1 saturated carbocycles. The number of hydrogen-bond donors (Lipinski definition) is 2. The first-order valence-corrected chi connectivity index (χ1v) is 4.20. The van der Waals surface area contributed by atoms with E-state index in [1.165, 1.54) is 6.92 Å². The van der Waals surface area contributed by atoms with Gasteiger partial charge in [-0.05, 0) is 12.8 Å². The topological polar surface area (TPSA) is 46.2 Å². The Hall–Kier alpha value is 0.0700. The van der Waals surface area contributed by atoms with Gasteiger partial charge in [-0.2, -0.15) is 0 Å². The predicted octanol–water partition coefficient (Wildman–Crippen LogP) is 1.55. The van der Waals surface area contributed by atoms with Crippen LogP contribution >= 0.6 is 12.4 Å². The quantitative estimate of drug-likeness (QED) is 0.697. The number of aliphatic hydroxyl groups is 1. The van der Waals surface area contributed by atoms with Crippen LogP contribution in [0.5, 0.6) is 0 Å². The zero-order chi connectivity index (χ0) is 9.41. The van der Waals surface area contributed by atoms with Crippen molar-refractivity contribution >= 4 is 12.4 Å². The van der Waals surface area contributed by atoms with Crippen LogP contribution in [0.3, 0.4) is 0 Å². The van der Waals surface area contributed by atoms with E-state index in [1.54, 1.807) is 0 Å².